The van der Waals surface area contributed by atoms with Gasteiger partial charge in [-0.2, -0.15) is 0 Å². The molecule has 0 saturated heterocycles. The van der Waals surface area contributed by atoms with Crippen LogP contribution in [0.2, 0.25) is 0 Å². The van der Waals surface area contributed by atoms with Crippen LogP contribution < -0.4 is 5.32 Å². The first-order valence-corrected chi connectivity index (χ1v) is 7.31. The van der Waals surface area contributed by atoms with Gasteiger partial charge in [0, 0.05) is 18.3 Å². The van der Waals surface area contributed by atoms with Crippen LogP contribution in [0, 0.1) is 5.92 Å². The summed E-state index contributed by atoms with van der Waals surface area (Å²) in [6.45, 7) is 8.36. The maximum Gasteiger partial charge on any atom is 0.159 e. The number of hydrogen-bond donors (Lipinski definition) is 1. The predicted molar refractivity (Wildman–Crippen MR) is 83.4 cm³/mol. The number of aryl methyl sites for hydroxylation is 1. The summed E-state index contributed by atoms with van der Waals surface area (Å²) in [5, 5.41) is 3.41. The Morgan fingerprint density at radius 3 is 2.50 bits per heavy atom. The smallest absolute Gasteiger partial charge is 0.159 e. The van der Waals surface area contributed by atoms with Crippen LogP contribution in [0.5, 0.6) is 0 Å². The molecule has 3 nitrogen and oxygen atoms in total. The van der Waals surface area contributed by atoms with Crippen molar-refractivity contribution in [1.82, 2.24) is 15.3 Å². The lowest BCUT2D eigenvalue weighted by Crippen LogP contribution is -2.19. The van der Waals surface area contributed by atoms with Crippen LogP contribution in [0.25, 0.3) is 11.4 Å². The second kappa shape index (κ2) is 7.15. The summed E-state index contributed by atoms with van der Waals surface area (Å²) in [5.74, 6) is 1.45. The number of nitrogens with one attached hydrogen (secondary N) is 1. The van der Waals surface area contributed by atoms with Crippen LogP contribution in [0.3, 0.4) is 0 Å². The van der Waals surface area contributed by atoms with Crippen molar-refractivity contribution in [3.8, 4) is 11.4 Å². The molecule has 1 heterocycles. The summed E-state index contributed by atoms with van der Waals surface area (Å²) >= 11 is 0. The van der Waals surface area contributed by atoms with E-state index < -0.39 is 0 Å². The standard InChI is InChI=1S/C17H23N3/c1-4-14-5-7-15(8-6-14)17-19-10-9-16(20-17)12-18-11-13(2)3/h5-10,13,18H,4,11-12H2,1-3H3. The van der Waals surface area contributed by atoms with E-state index in [0.29, 0.717) is 5.92 Å². The van der Waals surface area contributed by atoms with Gasteiger partial charge in [0.25, 0.3) is 0 Å². The highest BCUT2D eigenvalue weighted by molar-refractivity contribution is 5.55. The zero-order chi connectivity index (χ0) is 14.4. The highest BCUT2D eigenvalue weighted by atomic mass is 14.9. The zero-order valence-corrected chi connectivity index (χ0v) is 12.6. The van der Waals surface area contributed by atoms with Crippen LogP contribution >= 0.6 is 0 Å². The maximum atomic E-state index is 4.62. The highest BCUT2D eigenvalue weighted by Crippen LogP contribution is 2.15. The van der Waals surface area contributed by atoms with E-state index in [9.17, 15) is 0 Å². The maximum absolute atomic E-state index is 4.62. The first-order chi connectivity index (χ1) is 9.69. The van der Waals surface area contributed by atoms with Gasteiger partial charge in [-0.3, -0.25) is 0 Å². The van der Waals surface area contributed by atoms with Crippen molar-refractivity contribution in [2.45, 2.75) is 33.7 Å². The first kappa shape index (κ1) is 14.7. The largest absolute Gasteiger partial charge is 0.311 e. The first-order valence-electron chi connectivity index (χ1n) is 7.31. The summed E-state index contributed by atoms with van der Waals surface area (Å²) in [6, 6.07) is 10.4. The molecule has 106 valence electrons. The van der Waals surface area contributed by atoms with E-state index in [1.165, 1.54) is 5.56 Å². The molecule has 1 aromatic heterocycles. The molecule has 0 unspecified atom stereocenters. The summed E-state index contributed by atoms with van der Waals surface area (Å²) in [4.78, 5) is 8.99. The van der Waals surface area contributed by atoms with E-state index in [1.807, 2.05) is 12.3 Å². The van der Waals surface area contributed by atoms with Gasteiger partial charge in [0.1, 0.15) is 0 Å². The van der Waals surface area contributed by atoms with Gasteiger partial charge < -0.3 is 5.32 Å². The van der Waals surface area contributed by atoms with Crippen molar-refractivity contribution >= 4 is 0 Å². The van der Waals surface area contributed by atoms with Crippen LogP contribution in [-0.2, 0) is 13.0 Å². The molecular weight excluding hydrogens is 246 g/mol. The third-order valence-corrected chi connectivity index (χ3v) is 3.19. The SMILES string of the molecule is CCc1ccc(-c2nccc(CNCC(C)C)n2)cc1. The number of aromatic nitrogens is 2. The third-order valence-electron chi connectivity index (χ3n) is 3.19. The molecule has 2 rings (SSSR count). The van der Waals surface area contributed by atoms with Crippen LogP contribution in [0.4, 0.5) is 0 Å². The molecule has 0 radical (unpaired) electrons. The summed E-state index contributed by atoms with van der Waals surface area (Å²) in [6.07, 6.45) is 2.89. The Morgan fingerprint density at radius 1 is 1.10 bits per heavy atom. The fourth-order valence-electron chi connectivity index (χ4n) is 2.01. The van der Waals surface area contributed by atoms with Crippen molar-refractivity contribution in [2.75, 3.05) is 6.54 Å². The Bertz CT molecular complexity index is 532. The zero-order valence-electron chi connectivity index (χ0n) is 12.6. The van der Waals surface area contributed by atoms with E-state index in [-0.39, 0.29) is 0 Å². The van der Waals surface area contributed by atoms with Gasteiger partial charge in [0.05, 0.1) is 5.69 Å². The van der Waals surface area contributed by atoms with E-state index in [1.54, 1.807) is 0 Å². The van der Waals surface area contributed by atoms with E-state index in [4.69, 9.17) is 0 Å². The van der Waals surface area contributed by atoms with E-state index in [2.05, 4.69) is 60.3 Å². The molecule has 0 aliphatic rings. The molecule has 3 heteroatoms. The molecule has 0 amide bonds. The van der Waals surface area contributed by atoms with Gasteiger partial charge in [0.15, 0.2) is 5.82 Å². The molecule has 0 aliphatic carbocycles. The molecule has 0 atom stereocenters. The molecule has 20 heavy (non-hydrogen) atoms. The monoisotopic (exact) mass is 269 g/mol. The van der Waals surface area contributed by atoms with Crippen molar-refractivity contribution in [2.24, 2.45) is 5.92 Å². The lowest BCUT2D eigenvalue weighted by molar-refractivity contribution is 0.548. The van der Waals surface area contributed by atoms with Crippen molar-refractivity contribution in [3.63, 3.8) is 0 Å². The third kappa shape index (κ3) is 4.14. The molecule has 0 spiro atoms. The summed E-state index contributed by atoms with van der Waals surface area (Å²) in [7, 11) is 0. The lowest BCUT2D eigenvalue weighted by Gasteiger charge is -2.08. The quantitative estimate of drug-likeness (QED) is 0.872. The Labute approximate surface area is 121 Å². The Balaban J connectivity index is 2.08. The highest BCUT2D eigenvalue weighted by Gasteiger charge is 2.03. The Morgan fingerprint density at radius 2 is 1.85 bits per heavy atom. The van der Waals surface area contributed by atoms with E-state index in [0.717, 1.165) is 36.6 Å². The van der Waals surface area contributed by atoms with Gasteiger partial charge in [-0.25, -0.2) is 9.97 Å². The van der Waals surface area contributed by atoms with Crippen LogP contribution in [-0.4, -0.2) is 16.5 Å². The second-order valence-corrected chi connectivity index (χ2v) is 5.45. The Kier molecular flexibility index (Phi) is 5.24. The molecular formula is C17H23N3. The summed E-state index contributed by atoms with van der Waals surface area (Å²) < 4.78 is 0. The minimum absolute atomic E-state index is 0.651. The van der Waals surface area contributed by atoms with Gasteiger partial charge in [-0.1, -0.05) is 45.0 Å². The van der Waals surface area contributed by atoms with E-state index >= 15 is 0 Å². The minimum atomic E-state index is 0.651. The Hall–Kier alpha value is -1.74. The van der Waals surface area contributed by atoms with Gasteiger partial charge in [0.2, 0.25) is 0 Å². The van der Waals surface area contributed by atoms with Crippen molar-refractivity contribution < 1.29 is 0 Å². The molecule has 1 aromatic carbocycles. The second-order valence-electron chi connectivity index (χ2n) is 5.45. The number of benzene rings is 1. The molecule has 1 N–H and O–H groups in total. The average molecular weight is 269 g/mol. The predicted octanol–water partition coefficient (Wildman–Crippen LogP) is 3.45. The summed E-state index contributed by atoms with van der Waals surface area (Å²) in [5.41, 5.74) is 3.45. The minimum Gasteiger partial charge on any atom is -0.311 e. The van der Waals surface area contributed by atoms with Crippen LogP contribution in [0.15, 0.2) is 36.5 Å². The van der Waals surface area contributed by atoms with Gasteiger partial charge in [-0.15, -0.1) is 0 Å². The van der Waals surface area contributed by atoms with Crippen molar-refractivity contribution in [1.29, 1.82) is 0 Å². The number of nitrogens with zero attached hydrogens (tertiary/aromatic N) is 2. The topological polar surface area (TPSA) is 37.8 Å². The van der Waals surface area contributed by atoms with Crippen molar-refractivity contribution in [3.05, 3.63) is 47.8 Å². The van der Waals surface area contributed by atoms with Gasteiger partial charge >= 0.3 is 0 Å². The average Bonchev–Trinajstić information content (AvgIpc) is 2.47. The molecule has 0 fully saturated rings. The fraction of sp³-hybridized carbons (Fsp3) is 0.412. The number of hydrogen-bond acceptors (Lipinski definition) is 3. The van der Waals surface area contributed by atoms with Gasteiger partial charge in [-0.05, 0) is 30.5 Å². The fourth-order valence-corrected chi connectivity index (χ4v) is 2.01. The molecule has 2 aromatic rings. The number of rotatable bonds is 6. The molecule has 0 bridgehead atoms. The van der Waals surface area contributed by atoms with Crippen LogP contribution in [0.1, 0.15) is 32.0 Å². The molecule has 0 saturated carbocycles. The lowest BCUT2D eigenvalue weighted by atomic mass is 10.1. The molecule has 0 aliphatic heterocycles. The normalized spacial score (nSPS) is 11.0.